The molecule has 21 heavy (non-hydrogen) atoms. The number of ether oxygens (including phenoxy) is 1. The fraction of sp³-hybridized carbons (Fsp3) is 0.867. The molecule has 0 aliphatic carbocycles. The number of amides is 1. The summed E-state index contributed by atoms with van der Waals surface area (Å²) < 4.78 is 4.87. The van der Waals surface area contributed by atoms with Crippen LogP contribution in [-0.2, 0) is 19.2 Å². The van der Waals surface area contributed by atoms with Crippen LogP contribution in [0.2, 0.25) is 0 Å². The summed E-state index contributed by atoms with van der Waals surface area (Å²) >= 11 is 0. The van der Waals surface area contributed by atoms with Gasteiger partial charge in [0.25, 0.3) is 0 Å². The lowest BCUT2D eigenvalue weighted by atomic mass is 10.0. The second-order valence-corrected chi connectivity index (χ2v) is 5.48. The average Bonchev–Trinajstić information content (AvgIpc) is 2.41. The molecule has 0 aromatic rings. The highest BCUT2D eigenvalue weighted by Gasteiger charge is 2.24. The fourth-order valence-electron chi connectivity index (χ4n) is 1.70. The van der Waals surface area contributed by atoms with Crippen molar-refractivity contribution in [1.82, 2.24) is 10.8 Å². The second-order valence-electron chi connectivity index (χ2n) is 5.48. The molecular weight excluding hydrogens is 272 g/mol. The van der Waals surface area contributed by atoms with E-state index in [9.17, 15) is 9.59 Å². The Morgan fingerprint density at radius 3 is 2.33 bits per heavy atom. The number of nitrogens with one attached hydrogen (secondary N) is 2. The number of unbranched alkanes of at least 4 members (excludes halogenated alkanes) is 1. The van der Waals surface area contributed by atoms with Crippen LogP contribution in [0.25, 0.3) is 0 Å². The van der Waals surface area contributed by atoms with Crippen LogP contribution in [0.5, 0.6) is 0 Å². The molecule has 124 valence electrons. The molecule has 2 N–H and O–H groups in total. The van der Waals surface area contributed by atoms with E-state index < -0.39 is 18.1 Å². The highest BCUT2D eigenvalue weighted by molar-refractivity contribution is 5.87. The standard InChI is InChI=1S/C15H30N2O4/c1-6-8-9-21-17-13(10-11(3)4)14(18)16-12(5)15(19)20-7-2/h11-13,17H,6-10H2,1-5H3,(H,16,18). The van der Waals surface area contributed by atoms with Crippen molar-refractivity contribution >= 4 is 11.9 Å². The molecule has 2 unspecified atom stereocenters. The quantitative estimate of drug-likeness (QED) is 0.346. The maximum atomic E-state index is 12.2. The number of esters is 1. The Morgan fingerprint density at radius 2 is 1.81 bits per heavy atom. The lowest BCUT2D eigenvalue weighted by Crippen LogP contribution is -2.50. The Hall–Kier alpha value is -1.14. The number of hydroxylamine groups is 1. The van der Waals surface area contributed by atoms with Crippen LogP contribution in [0.4, 0.5) is 0 Å². The molecule has 0 rings (SSSR count). The summed E-state index contributed by atoms with van der Waals surface area (Å²) in [6, 6.07) is -1.14. The normalized spacial score (nSPS) is 13.8. The molecule has 0 heterocycles. The minimum atomic E-state index is -0.662. The molecule has 0 bridgehead atoms. The van der Waals surface area contributed by atoms with Crippen molar-refractivity contribution < 1.29 is 19.2 Å². The number of hydrogen-bond acceptors (Lipinski definition) is 5. The van der Waals surface area contributed by atoms with Gasteiger partial charge >= 0.3 is 5.97 Å². The van der Waals surface area contributed by atoms with E-state index in [0.717, 1.165) is 12.8 Å². The SMILES string of the molecule is CCCCONC(CC(C)C)C(=O)NC(C)C(=O)OCC. The number of hydrogen-bond donors (Lipinski definition) is 2. The number of carbonyl (C=O) groups is 2. The van der Waals surface area contributed by atoms with Crippen LogP contribution >= 0.6 is 0 Å². The molecule has 0 fully saturated rings. The first-order chi connectivity index (χ1) is 9.92. The molecule has 1 amide bonds. The van der Waals surface area contributed by atoms with Crippen molar-refractivity contribution in [1.29, 1.82) is 0 Å². The highest BCUT2D eigenvalue weighted by Crippen LogP contribution is 2.06. The lowest BCUT2D eigenvalue weighted by molar-refractivity contribution is -0.147. The first-order valence-electron chi connectivity index (χ1n) is 7.76. The Bertz CT molecular complexity index is 308. The summed E-state index contributed by atoms with van der Waals surface area (Å²) in [6.45, 7) is 10.3. The summed E-state index contributed by atoms with van der Waals surface area (Å²) in [4.78, 5) is 29.1. The second kappa shape index (κ2) is 11.5. The Balaban J connectivity index is 4.38. The van der Waals surface area contributed by atoms with E-state index in [4.69, 9.17) is 9.57 Å². The Labute approximate surface area is 127 Å². The number of carbonyl (C=O) groups excluding carboxylic acids is 2. The van der Waals surface area contributed by atoms with Crippen LogP contribution in [0.1, 0.15) is 53.9 Å². The van der Waals surface area contributed by atoms with Gasteiger partial charge in [-0.2, -0.15) is 5.48 Å². The smallest absolute Gasteiger partial charge is 0.328 e. The third-order valence-corrected chi connectivity index (χ3v) is 2.85. The van der Waals surface area contributed by atoms with E-state index in [1.165, 1.54) is 0 Å². The highest BCUT2D eigenvalue weighted by atomic mass is 16.6. The van der Waals surface area contributed by atoms with E-state index in [2.05, 4.69) is 17.7 Å². The average molecular weight is 302 g/mol. The third-order valence-electron chi connectivity index (χ3n) is 2.85. The topological polar surface area (TPSA) is 76.7 Å². The summed E-state index contributed by atoms with van der Waals surface area (Å²) in [5.74, 6) is -0.345. The Kier molecular flexibility index (Phi) is 10.9. The summed E-state index contributed by atoms with van der Waals surface area (Å²) in [5, 5.41) is 2.65. The van der Waals surface area contributed by atoms with Gasteiger partial charge in [0.2, 0.25) is 5.91 Å². The van der Waals surface area contributed by atoms with E-state index in [1.807, 2.05) is 13.8 Å². The largest absolute Gasteiger partial charge is 0.464 e. The minimum absolute atomic E-state index is 0.249. The summed E-state index contributed by atoms with van der Waals surface area (Å²) in [5.41, 5.74) is 2.80. The van der Waals surface area contributed by atoms with Crippen molar-refractivity contribution in [3.05, 3.63) is 0 Å². The molecule has 6 heteroatoms. The van der Waals surface area contributed by atoms with Gasteiger partial charge in [0.15, 0.2) is 0 Å². The monoisotopic (exact) mass is 302 g/mol. The maximum absolute atomic E-state index is 12.2. The van der Waals surface area contributed by atoms with Crippen molar-refractivity contribution in [3.8, 4) is 0 Å². The van der Waals surface area contributed by atoms with Gasteiger partial charge in [-0.3, -0.25) is 4.79 Å². The molecule has 0 saturated carbocycles. The first kappa shape index (κ1) is 19.9. The third kappa shape index (κ3) is 9.42. The van der Waals surface area contributed by atoms with Crippen molar-refractivity contribution in [2.75, 3.05) is 13.2 Å². The Morgan fingerprint density at radius 1 is 1.14 bits per heavy atom. The molecule has 0 saturated heterocycles. The molecule has 0 spiro atoms. The van der Waals surface area contributed by atoms with Gasteiger partial charge in [0.1, 0.15) is 12.1 Å². The molecule has 6 nitrogen and oxygen atoms in total. The van der Waals surface area contributed by atoms with Gasteiger partial charge < -0.3 is 14.9 Å². The van der Waals surface area contributed by atoms with Crippen LogP contribution in [0.15, 0.2) is 0 Å². The maximum Gasteiger partial charge on any atom is 0.328 e. The summed E-state index contributed by atoms with van der Waals surface area (Å²) in [7, 11) is 0. The predicted octanol–water partition coefficient (Wildman–Crippen LogP) is 1.79. The van der Waals surface area contributed by atoms with E-state index in [0.29, 0.717) is 25.6 Å². The molecule has 0 aliphatic rings. The van der Waals surface area contributed by atoms with Gasteiger partial charge in [-0.05, 0) is 32.6 Å². The van der Waals surface area contributed by atoms with Gasteiger partial charge in [-0.15, -0.1) is 0 Å². The van der Waals surface area contributed by atoms with Crippen LogP contribution in [0.3, 0.4) is 0 Å². The van der Waals surface area contributed by atoms with Crippen molar-refractivity contribution in [3.63, 3.8) is 0 Å². The van der Waals surface area contributed by atoms with Crippen molar-refractivity contribution in [2.24, 2.45) is 5.92 Å². The molecule has 2 atom stereocenters. The molecular formula is C15H30N2O4. The summed E-state index contributed by atoms with van der Waals surface area (Å²) in [6.07, 6.45) is 2.60. The molecule has 0 aromatic carbocycles. The fourth-order valence-corrected chi connectivity index (χ4v) is 1.70. The van der Waals surface area contributed by atoms with E-state index in [-0.39, 0.29) is 5.91 Å². The minimum Gasteiger partial charge on any atom is -0.464 e. The lowest BCUT2D eigenvalue weighted by Gasteiger charge is -2.21. The molecule has 0 aliphatic heterocycles. The van der Waals surface area contributed by atoms with Crippen molar-refractivity contribution in [2.45, 2.75) is 66.0 Å². The predicted molar refractivity (Wildman–Crippen MR) is 81.5 cm³/mol. The van der Waals surface area contributed by atoms with Gasteiger partial charge in [-0.1, -0.05) is 27.2 Å². The van der Waals surface area contributed by atoms with Gasteiger partial charge in [0.05, 0.1) is 13.2 Å². The zero-order chi connectivity index (χ0) is 16.3. The number of rotatable bonds is 11. The van der Waals surface area contributed by atoms with E-state index in [1.54, 1.807) is 13.8 Å². The van der Waals surface area contributed by atoms with Gasteiger partial charge in [-0.25, -0.2) is 4.79 Å². The van der Waals surface area contributed by atoms with Crippen LogP contribution < -0.4 is 10.8 Å². The zero-order valence-corrected chi connectivity index (χ0v) is 13.9. The molecule has 0 aromatic heterocycles. The first-order valence-corrected chi connectivity index (χ1v) is 7.76. The molecule has 0 radical (unpaired) electrons. The van der Waals surface area contributed by atoms with Crippen LogP contribution in [0, 0.1) is 5.92 Å². The van der Waals surface area contributed by atoms with E-state index >= 15 is 0 Å². The zero-order valence-electron chi connectivity index (χ0n) is 13.9. The van der Waals surface area contributed by atoms with Crippen LogP contribution in [-0.4, -0.2) is 37.2 Å². The van der Waals surface area contributed by atoms with Gasteiger partial charge in [0, 0.05) is 0 Å².